The number of ketones is 1. The fourth-order valence-corrected chi connectivity index (χ4v) is 5.84. The number of carbonyl (C=O) groups excluding carboxylic acids is 2. The first-order valence-corrected chi connectivity index (χ1v) is 11.1. The number of aliphatic hydroxyl groups excluding tert-OH is 2. The van der Waals surface area contributed by atoms with Crippen molar-refractivity contribution in [2.24, 2.45) is 29.1 Å². The van der Waals surface area contributed by atoms with E-state index in [-0.39, 0.29) is 23.2 Å². The van der Waals surface area contributed by atoms with Crippen LogP contribution in [0.5, 0.6) is 0 Å². The molecule has 30 heavy (non-hydrogen) atoms. The Hall–Kier alpha value is -2.14. The van der Waals surface area contributed by atoms with Gasteiger partial charge in [-0.15, -0.1) is 0 Å². The van der Waals surface area contributed by atoms with Crippen molar-refractivity contribution >= 4 is 11.7 Å². The molecule has 1 heterocycles. The van der Waals surface area contributed by atoms with E-state index < -0.39 is 29.3 Å². The zero-order valence-corrected chi connectivity index (χ0v) is 18.7. The van der Waals surface area contributed by atoms with Crippen molar-refractivity contribution in [1.29, 1.82) is 0 Å². The first-order valence-electron chi connectivity index (χ1n) is 11.1. The second-order valence-electron chi connectivity index (χ2n) is 9.55. The van der Waals surface area contributed by atoms with Crippen molar-refractivity contribution in [1.82, 2.24) is 5.32 Å². The lowest BCUT2D eigenvalue weighted by molar-refractivity contribution is -0.118. The lowest BCUT2D eigenvalue weighted by atomic mass is 9.52. The summed E-state index contributed by atoms with van der Waals surface area (Å²) in [6.07, 6.45) is 12.3. The van der Waals surface area contributed by atoms with Crippen LogP contribution in [-0.4, -0.2) is 34.0 Å². The molecule has 3 rings (SSSR count). The van der Waals surface area contributed by atoms with Crippen molar-refractivity contribution in [3.05, 3.63) is 47.3 Å². The number of aliphatic hydroxyl groups is 2. The van der Waals surface area contributed by atoms with E-state index in [0.717, 1.165) is 24.8 Å². The van der Waals surface area contributed by atoms with Crippen LogP contribution in [-0.2, 0) is 9.59 Å². The first-order chi connectivity index (χ1) is 14.1. The molecule has 0 aromatic rings. The minimum absolute atomic E-state index is 0.123. The van der Waals surface area contributed by atoms with E-state index in [9.17, 15) is 19.8 Å². The highest BCUT2D eigenvalue weighted by molar-refractivity contribution is 6.27. The van der Waals surface area contributed by atoms with Crippen LogP contribution < -0.4 is 5.32 Å². The third-order valence-electron chi connectivity index (χ3n) is 7.42. The molecule has 5 heteroatoms. The van der Waals surface area contributed by atoms with Crippen LogP contribution in [0.3, 0.4) is 0 Å². The summed E-state index contributed by atoms with van der Waals surface area (Å²) in [7, 11) is 0. The van der Waals surface area contributed by atoms with Gasteiger partial charge in [-0.1, -0.05) is 56.2 Å². The zero-order valence-electron chi connectivity index (χ0n) is 18.7. The maximum atomic E-state index is 12.9. The quantitative estimate of drug-likeness (QED) is 0.214. The predicted molar refractivity (Wildman–Crippen MR) is 118 cm³/mol. The first kappa shape index (κ1) is 22.5. The van der Waals surface area contributed by atoms with Gasteiger partial charge in [-0.2, -0.15) is 0 Å². The van der Waals surface area contributed by atoms with Crippen LogP contribution in [0, 0.1) is 29.1 Å². The number of fused-ring (bicyclic) bond motifs is 1. The summed E-state index contributed by atoms with van der Waals surface area (Å²) in [5, 5.41) is 24.0. The Morgan fingerprint density at radius 2 is 2.00 bits per heavy atom. The van der Waals surface area contributed by atoms with Gasteiger partial charge in [0.1, 0.15) is 17.4 Å². The lowest BCUT2D eigenvalue weighted by Crippen LogP contribution is -2.46. The highest BCUT2D eigenvalue weighted by atomic mass is 16.3. The summed E-state index contributed by atoms with van der Waals surface area (Å²) in [6, 6.07) is -1.00. The average Bonchev–Trinajstić information content (AvgIpc) is 2.97. The summed E-state index contributed by atoms with van der Waals surface area (Å²) in [4.78, 5) is 25.6. The molecule has 0 spiro atoms. The molecule has 0 radical (unpaired) electrons. The molecule has 1 aliphatic heterocycles. The van der Waals surface area contributed by atoms with Gasteiger partial charge in [0.15, 0.2) is 5.78 Å². The van der Waals surface area contributed by atoms with Crippen LogP contribution in [0.25, 0.3) is 0 Å². The van der Waals surface area contributed by atoms with Crippen LogP contribution in [0.2, 0.25) is 0 Å². The SMILES string of the molecule is C/C=C/C=C/[C@@H]1C(C)=C[C@@H]2C[C@H](C)CC[C@H]2[C@]1(C)/C(O)=C1\C(=O)NC(C(C)O)C1=O. The van der Waals surface area contributed by atoms with Crippen molar-refractivity contribution < 1.29 is 19.8 Å². The molecule has 7 atom stereocenters. The van der Waals surface area contributed by atoms with Gasteiger partial charge in [0.05, 0.1) is 6.10 Å². The van der Waals surface area contributed by atoms with Crippen molar-refractivity contribution in [2.75, 3.05) is 0 Å². The van der Waals surface area contributed by atoms with Gasteiger partial charge in [-0.25, -0.2) is 0 Å². The number of amides is 1. The zero-order chi connectivity index (χ0) is 22.2. The monoisotopic (exact) mass is 413 g/mol. The summed E-state index contributed by atoms with van der Waals surface area (Å²) < 4.78 is 0. The lowest BCUT2D eigenvalue weighted by Gasteiger charge is -2.52. The maximum absolute atomic E-state index is 12.9. The highest BCUT2D eigenvalue weighted by Gasteiger charge is 2.54. The van der Waals surface area contributed by atoms with E-state index in [1.165, 1.54) is 6.92 Å². The molecule has 5 nitrogen and oxygen atoms in total. The van der Waals surface area contributed by atoms with Gasteiger partial charge in [0.25, 0.3) is 5.91 Å². The average molecular weight is 414 g/mol. The van der Waals surface area contributed by atoms with Gasteiger partial charge in [-0.05, 0) is 51.4 Å². The van der Waals surface area contributed by atoms with E-state index in [4.69, 9.17) is 0 Å². The van der Waals surface area contributed by atoms with Crippen LogP contribution in [0.1, 0.15) is 53.9 Å². The van der Waals surface area contributed by atoms with Gasteiger partial charge in [0, 0.05) is 11.3 Å². The summed E-state index contributed by atoms with van der Waals surface area (Å²) >= 11 is 0. The van der Waals surface area contributed by atoms with E-state index in [0.29, 0.717) is 11.8 Å². The van der Waals surface area contributed by atoms with E-state index in [1.807, 2.05) is 32.1 Å². The Morgan fingerprint density at radius 1 is 1.30 bits per heavy atom. The van der Waals surface area contributed by atoms with Crippen LogP contribution >= 0.6 is 0 Å². The molecular weight excluding hydrogens is 378 g/mol. The summed E-state index contributed by atoms with van der Waals surface area (Å²) in [5.74, 6) is -0.300. The molecule has 2 aliphatic carbocycles. The van der Waals surface area contributed by atoms with E-state index in [2.05, 4.69) is 31.3 Å². The third-order valence-corrected chi connectivity index (χ3v) is 7.42. The Bertz CT molecular complexity index is 834. The fraction of sp³-hybridized carbons (Fsp3) is 0.600. The number of rotatable bonds is 4. The molecule has 0 aromatic heterocycles. The number of carbonyl (C=O) groups is 2. The molecule has 2 fully saturated rings. The molecule has 0 aromatic carbocycles. The third kappa shape index (κ3) is 3.68. The van der Waals surface area contributed by atoms with Gasteiger partial charge < -0.3 is 15.5 Å². The number of allylic oxidation sites excluding steroid dienone is 7. The maximum Gasteiger partial charge on any atom is 0.259 e. The highest BCUT2D eigenvalue weighted by Crippen LogP contribution is 2.57. The molecule has 164 valence electrons. The number of hydrogen-bond acceptors (Lipinski definition) is 4. The normalized spacial score (nSPS) is 39.8. The van der Waals surface area contributed by atoms with E-state index in [1.54, 1.807) is 0 Å². The van der Waals surface area contributed by atoms with Crippen molar-refractivity contribution in [2.45, 2.75) is 66.0 Å². The minimum atomic E-state index is -1.01. The molecule has 2 unspecified atom stereocenters. The number of hydrogen-bond donors (Lipinski definition) is 3. The molecule has 1 saturated carbocycles. The second kappa shape index (κ2) is 8.54. The van der Waals surface area contributed by atoms with Crippen LogP contribution in [0.4, 0.5) is 0 Å². The smallest absolute Gasteiger partial charge is 0.259 e. The molecule has 1 saturated heterocycles. The van der Waals surface area contributed by atoms with Crippen molar-refractivity contribution in [3.8, 4) is 0 Å². The molecule has 3 N–H and O–H groups in total. The molecule has 3 aliphatic rings. The minimum Gasteiger partial charge on any atom is -0.511 e. The summed E-state index contributed by atoms with van der Waals surface area (Å²) in [6.45, 7) is 9.75. The Morgan fingerprint density at radius 3 is 2.60 bits per heavy atom. The standard InChI is InChI=1S/C25H35NO4/c1-6-7-8-9-18-15(3)13-17-12-14(2)10-11-19(17)25(18,5)23(29)20-22(28)21(16(4)27)26-24(20)30/h6-9,13-14,16-19,21,27,29H,10-12H2,1-5H3,(H,26,30)/b7-6+,9-8+,23-20+/t14-,16?,17+,18-,19-,21?,25-/m1/s1. The molecular formula is C25H35NO4. The van der Waals surface area contributed by atoms with E-state index >= 15 is 0 Å². The number of Topliss-reactive ketones (excluding diaryl/α,β-unsaturated/α-hetero) is 1. The Labute approximate surface area is 179 Å². The van der Waals surface area contributed by atoms with Gasteiger partial charge in [-0.3, -0.25) is 9.59 Å². The fourth-order valence-electron chi connectivity index (χ4n) is 5.84. The Balaban J connectivity index is 2.16. The number of nitrogens with one attached hydrogen (secondary N) is 1. The summed E-state index contributed by atoms with van der Waals surface area (Å²) in [5.41, 5.74) is 0.205. The Kier molecular flexibility index (Phi) is 6.42. The van der Waals surface area contributed by atoms with Gasteiger partial charge in [0.2, 0.25) is 0 Å². The van der Waals surface area contributed by atoms with Gasteiger partial charge >= 0.3 is 0 Å². The largest absolute Gasteiger partial charge is 0.511 e. The second-order valence-corrected chi connectivity index (χ2v) is 9.55. The van der Waals surface area contributed by atoms with Crippen LogP contribution in [0.15, 0.2) is 47.3 Å². The topological polar surface area (TPSA) is 86.6 Å². The molecule has 0 bridgehead atoms. The van der Waals surface area contributed by atoms with Crippen molar-refractivity contribution in [3.63, 3.8) is 0 Å². The molecule has 1 amide bonds. The predicted octanol–water partition coefficient (Wildman–Crippen LogP) is 4.01.